The molecule has 21 heavy (non-hydrogen) atoms. The molecule has 0 radical (unpaired) electrons. The van der Waals surface area contributed by atoms with E-state index in [1.807, 2.05) is 24.3 Å². The van der Waals surface area contributed by atoms with Crippen LogP contribution >= 0.6 is 0 Å². The molecule has 0 amide bonds. The number of halogens is 2. The molecule has 0 aliphatic carbocycles. The minimum atomic E-state index is -0.880. The van der Waals surface area contributed by atoms with Gasteiger partial charge >= 0.3 is 0 Å². The van der Waals surface area contributed by atoms with Crippen molar-refractivity contribution in [3.05, 3.63) is 71.0 Å². The molecule has 0 aliphatic rings. The van der Waals surface area contributed by atoms with Crippen LogP contribution in [-0.4, -0.2) is 5.11 Å². The van der Waals surface area contributed by atoms with E-state index in [2.05, 4.69) is 0 Å². The zero-order chi connectivity index (χ0) is 15.0. The summed E-state index contributed by atoms with van der Waals surface area (Å²) in [5, 5.41) is 11.2. The Bertz CT molecular complexity index is 772. The van der Waals surface area contributed by atoms with Gasteiger partial charge in [0, 0.05) is 23.4 Å². The van der Waals surface area contributed by atoms with Gasteiger partial charge in [-0.1, -0.05) is 18.2 Å². The lowest BCUT2D eigenvalue weighted by Crippen LogP contribution is -2.03. The molecular weight excluding hydrogens is 274 g/mol. The van der Waals surface area contributed by atoms with E-state index in [1.54, 1.807) is 6.92 Å². The monoisotopic (exact) mass is 288 g/mol. The lowest BCUT2D eigenvalue weighted by Gasteiger charge is -2.11. The fourth-order valence-electron chi connectivity index (χ4n) is 2.66. The average Bonchev–Trinajstić information content (AvgIpc) is 2.73. The van der Waals surface area contributed by atoms with Crippen LogP contribution in [0.15, 0.2) is 46.9 Å². The standard InChI is InChI=1S/C17H14F2O2/c1-10-17(14-4-2-3-5-16(14)21-10)15(20)8-11-6-12(18)9-13(19)7-11/h2-7,9,15,20H,8H2,1H3. The molecule has 2 nitrogen and oxygen atoms in total. The number of hydrogen-bond donors (Lipinski definition) is 1. The van der Waals surface area contributed by atoms with Gasteiger partial charge in [0.2, 0.25) is 0 Å². The Kier molecular flexibility index (Phi) is 3.47. The molecule has 0 saturated heterocycles. The molecule has 1 aromatic heterocycles. The minimum Gasteiger partial charge on any atom is -0.461 e. The van der Waals surface area contributed by atoms with Gasteiger partial charge in [0.25, 0.3) is 0 Å². The first-order chi connectivity index (χ1) is 10.0. The van der Waals surface area contributed by atoms with Crippen molar-refractivity contribution in [1.82, 2.24) is 0 Å². The second-order valence-electron chi connectivity index (χ2n) is 5.07. The van der Waals surface area contributed by atoms with Gasteiger partial charge in [-0.3, -0.25) is 0 Å². The van der Waals surface area contributed by atoms with Gasteiger partial charge in [0.15, 0.2) is 0 Å². The molecule has 0 saturated carbocycles. The van der Waals surface area contributed by atoms with E-state index in [0.717, 1.165) is 11.5 Å². The molecule has 108 valence electrons. The van der Waals surface area contributed by atoms with Crippen molar-refractivity contribution in [2.45, 2.75) is 19.4 Å². The van der Waals surface area contributed by atoms with Gasteiger partial charge in [-0.15, -0.1) is 0 Å². The van der Waals surface area contributed by atoms with Gasteiger partial charge in [-0.2, -0.15) is 0 Å². The highest BCUT2D eigenvalue weighted by Crippen LogP contribution is 2.32. The van der Waals surface area contributed by atoms with Crippen LogP contribution in [0.2, 0.25) is 0 Å². The Labute approximate surface area is 120 Å². The van der Waals surface area contributed by atoms with Crippen LogP contribution in [0.1, 0.15) is 23.0 Å². The molecule has 0 aliphatic heterocycles. The summed E-state index contributed by atoms with van der Waals surface area (Å²) in [6, 6.07) is 10.7. The third-order valence-corrected chi connectivity index (χ3v) is 3.50. The van der Waals surface area contributed by atoms with Gasteiger partial charge in [0.1, 0.15) is 23.0 Å². The maximum Gasteiger partial charge on any atom is 0.134 e. The summed E-state index contributed by atoms with van der Waals surface area (Å²) in [5.41, 5.74) is 1.76. The van der Waals surface area contributed by atoms with Crippen LogP contribution < -0.4 is 0 Å². The number of benzene rings is 2. The van der Waals surface area contributed by atoms with Crippen LogP contribution in [0.3, 0.4) is 0 Å². The molecule has 1 heterocycles. The lowest BCUT2D eigenvalue weighted by molar-refractivity contribution is 0.177. The van der Waals surface area contributed by atoms with Crippen LogP contribution in [0, 0.1) is 18.6 Å². The SMILES string of the molecule is Cc1oc2ccccc2c1C(O)Cc1cc(F)cc(F)c1. The van der Waals surface area contributed by atoms with Gasteiger partial charge in [0.05, 0.1) is 6.10 Å². The Morgan fingerprint density at radius 3 is 2.48 bits per heavy atom. The van der Waals surface area contributed by atoms with E-state index >= 15 is 0 Å². The molecular formula is C17H14F2O2. The molecule has 4 heteroatoms. The number of aliphatic hydroxyl groups excluding tert-OH is 1. The fourth-order valence-corrected chi connectivity index (χ4v) is 2.66. The summed E-state index contributed by atoms with van der Waals surface area (Å²) in [6.07, 6.45) is -0.756. The Morgan fingerprint density at radius 2 is 1.76 bits per heavy atom. The molecule has 2 aromatic carbocycles. The minimum absolute atomic E-state index is 0.124. The number of furan rings is 1. The van der Waals surface area contributed by atoms with Crippen molar-refractivity contribution in [1.29, 1.82) is 0 Å². The van der Waals surface area contributed by atoms with E-state index in [1.165, 1.54) is 12.1 Å². The van der Waals surface area contributed by atoms with Gasteiger partial charge in [-0.25, -0.2) is 8.78 Å². The number of aliphatic hydroxyl groups is 1. The summed E-state index contributed by atoms with van der Waals surface area (Å²) in [6.45, 7) is 1.77. The zero-order valence-corrected chi connectivity index (χ0v) is 11.4. The van der Waals surface area contributed by atoms with E-state index in [-0.39, 0.29) is 6.42 Å². The molecule has 1 N–H and O–H groups in total. The van der Waals surface area contributed by atoms with Crippen molar-refractivity contribution < 1.29 is 18.3 Å². The summed E-state index contributed by atoms with van der Waals surface area (Å²) < 4.78 is 32.0. The average molecular weight is 288 g/mol. The first-order valence-electron chi connectivity index (χ1n) is 6.65. The summed E-state index contributed by atoms with van der Waals surface area (Å²) in [7, 11) is 0. The van der Waals surface area contributed by atoms with Crippen LogP contribution in [0.5, 0.6) is 0 Å². The first kappa shape index (κ1) is 13.8. The lowest BCUT2D eigenvalue weighted by atomic mass is 9.99. The van der Waals surface area contributed by atoms with Crippen LogP contribution in [0.25, 0.3) is 11.0 Å². The van der Waals surface area contributed by atoms with E-state index in [4.69, 9.17) is 4.42 Å². The number of hydrogen-bond acceptors (Lipinski definition) is 2. The zero-order valence-electron chi connectivity index (χ0n) is 11.4. The Balaban J connectivity index is 1.97. The van der Waals surface area contributed by atoms with Crippen molar-refractivity contribution in [3.63, 3.8) is 0 Å². The molecule has 3 rings (SSSR count). The first-order valence-corrected chi connectivity index (χ1v) is 6.65. The smallest absolute Gasteiger partial charge is 0.134 e. The normalized spacial score (nSPS) is 12.8. The highest BCUT2D eigenvalue weighted by atomic mass is 19.1. The number of rotatable bonds is 3. The van der Waals surface area contributed by atoms with Crippen molar-refractivity contribution in [3.8, 4) is 0 Å². The predicted molar refractivity (Wildman–Crippen MR) is 76.0 cm³/mol. The Hall–Kier alpha value is -2.20. The maximum absolute atomic E-state index is 13.2. The van der Waals surface area contributed by atoms with Crippen molar-refractivity contribution >= 4 is 11.0 Å². The quantitative estimate of drug-likeness (QED) is 0.779. The van der Waals surface area contributed by atoms with E-state index in [9.17, 15) is 13.9 Å². The summed E-state index contributed by atoms with van der Waals surface area (Å²) >= 11 is 0. The third kappa shape index (κ3) is 2.67. The highest BCUT2D eigenvalue weighted by molar-refractivity contribution is 5.82. The van der Waals surface area contributed by atoms with Crippen LogP contribution in [0.4, 0.5) is 8.78 Å². The number of aryl methyl sites for hydroxylation is 1. The second kappa shape index (κ2) is 5.30. The second-order valence-corrected chi connectivity index (χ2v) is 5.07. The molecule has 0 fully saturated rings. The molecule has 3 aromatic rings. The number of fused-ring (bicyclic) bond motifs is 1. The number of para-hydroxylation sites is 1. The molecule has 0 spiro atoms. The van der Waals surface area contributed by atoms with Crippen LogP contribution in [-0.2, 0) is 6.42 Å². The fraction of sp³-hybridized carbons (Fsp3) is 0.176. The summed E-state index contributed by atoms with van der Waals surface area (Å²) in [5.74, 6) is -0.683. The van der Waals surface area contributed by atoms with E-state index < -0.39 is 17.7 Å². The molecule has 1 atom stereocenters. The third-order valence-electron chi connectivity index (χ3n) is 3.50. The van der Waals surface area contributed by atoms with Crippen molar-refractivity contribution in [2.24, 2.45) is 0 Å². The van der Waals surface area contributed by atoms with Gasteiger partial charge in [-0.05, 0) is 30.7 Å². The molecule has 0 bridgehead atoms. The molecule has 1 unspecified atom stereocenters. The Morgan fingerprint density at radius 1 is 1.10 bits per heavy atom. The topological polar surface area (TPSA) is 33.4 Å². The van der Waals surface area contributed by atoms with E-state index in [0.29, 0.717) is 22.5 Å². The van der Waals surface area contributed by atoms with Crippen molar-refractivity contribution in [2.75, 3.05) is 0 Å². The van der Waals surface area contributed by atoms with Gasteiger partial charge < -0.3 is 9.52 Å². The summed E-state index contributed by atoms with van der Waals surface area (Å²) in [4.78, 5) is 0. The maximum atomic E-state index is 13.2. The predicted octanol–water partition coefficient (Wildman–Crippen LogP) is 4.30. The highest BCUT2D eigenvalue weighted by Gasteiger charge is 2.19. The largest absolute Gasteiger partial charge is 0.461 e.